The van der Waals surface area contributed by atoms with Crippen LogP contribution in [0.3, 0.4) is 0 Å². The minimum absolute atomic E-state index is 0.00578. The number of alkyl halides is 3. The highest BCUT2D eigenvalue weighted by Crippen LogP contribution is 2.54. The number of sulfonamides is 1. The molecule has 5 rings (SSSR count). The van der Waals surface area contributed by atoms with E-state index in [-0.39, 0.29) is 38.4 Å². The van der Waals surface area contributed by atoms with Gasteiger partial charge in [0.2, 0.25) is 5.88 Å². The lowest BCUT2D eigenvalue weighted by Crippen LogP contribution is -2.42. The van der Waals surface area contributed by atoms with Crippen LogP contribution in [0, 0.1) is 12.3 Å². The molecule has 0 aliphatic carbocycles. The monoisotopic (exact) mass is 641 g/mol. The number of carbonyl (C=O) groups excluding carboxylic acids is 1. The molecule has 43 heavy (non-hydrogen) atoms. The number of amides is 1. The smallest absolute Gasteiger partial charge is 0.397 e. The van der Waals surface area contributed by atoms with Gasteiger partial charge in [-0.1, -0.05) is 0 Å². The van der Waals surface area contributed by atoms with E-state index in [1.54, 1.807) is 7.05 Å². The molecule has 2 fully saturated rings. The summed E-state index contributed by atoms with van der Waals surface area (Å²) in [7, 11) is -2.65. The lowest BCUT2D eigenvalue weighted by Gasteiger charge is -2.37. The number of aromatic nitrogens is 5. The minimum Gasteiger partial charge on any atom is -0.476 e. The van der Waals surface area contributed by atoms with E-state index >= 15 is 0 Å². The highest BCUT2D eigenvalue weighted by atomic mass is 32.2. The van der Waals surface area contributed by atoms with Crippen LogP contribution in [0.1, 0.15) is 56.6 Å². The van der Waals surface area contributed by atoms with Crippen LogP contribution in [0.5, 0.6) is 5.88 Å². The first kappa shape index (κ1) is 31.2. The van der Waals surface area contributed by atoms with E-state index in [0.29, 0.717) is 6.54 Å². The molecule has 0 bridgehead atoms. The van der Waals surface area contributed by atoms with Crippen LogP contribution >= 0.6 is 11.8 Å². The van der Waals surface area contributed by atoms with Crippen molar-refractivity contribution in [3.8, 4) is 11.7 Å². The molecule has 5 heterocycles. The van der Waals surface area contributed by atoms with Gasteiger partial charge in [0.25, 0.3) is 15.9 Å². The Morgan fingerprint density at radius 1 is 1.19 bits per heavy atom. The van der Waals surface area contributed by atoms with Gasteiger partial charge in [0.15, 0.2) is 5.82 Å². The fourth-order valence-corrected chi connectivity index (χ4v) is 7.97. The molecule has 234 valence electrons. The van der Waals surface area contributed by atoms with Crippen LogP contribution in [0.25, 0.3) is 5.82 Å². The van der Waals surface area contributed by atoms with E-state index in [2.05, 4.69) is 28.8 Å². The molecule has 0 radical (unpaired) electrons. The lowest BCUT2D eigenvalue weighted by atomic mass is 9.93. The Labute approximate surface area is 252 Å². The molecule has 1 amide bonds. The molecule has 1 unspecified atom stereocenters. The number of aryl methyl sites for hydroxylation is 2. The van der Waals surface area contributed by atoms with E-state index in [4.69, 9.17) is 9.72 Å². The van der Waals surface area contributed by atoms with Crippen molar-refractivity contribution < 1.29 is 31.1 Å². The molecule has 2 aliphatic heterocycles. The third-order valence-corrected chi connectivity index (χ3v) is 10.8. The molecule has 0 aromatic carbocycles. The van der Waals surface area contributed by atoms with Gasteiger partial charge in [0, 0.05) is 42.3 Å². The van der Waals surface area contributed by atoms with Gasteiger partial charge in [0.05, 0.1) is 16.7 Å². The lowest BCUT2D eigenvalue weighted by molar-refractivity contribution is -0.219. The number of nitrogens with one attached hydrogen (secondary N) is 1. The molecule has 11 nitrogen and oxygen atoms in total. The highest BCUT2D eigenvalue weighted by molar-refractivity contribution is 8.02. The second kappa shape index (κ2) is 10.4. The van der Waals surface area contributed by atoms with Crippen LogP contribution in [-0.2, 0) is 17.1 Å². The number of halogens is 3. The average molecular weight is 642 g/mol. The zero-order valence-electron chi connectivity index (χ0n) is 24.7. The molecule has 1 atom stereocenters. The van der Waals surface area contributed by atoms with Crippen LogP contribution < -0.4 is 14.4 Å². The van der Waals surface area contributed by atoms with Crippen LogP contribution in [0.15, 0.2) is 35.5 Å². The number of ether oxygens (including phenoxy) is 1. The summed E-state index contributed by atoms with van der Waals surface area (Å²) >= 11 is 1.87. The summed E-state index contributed by atoms with van der Waals surface area (Å²) in [5.74, 6) is 0.717. The van der Waals surface area contributed by atoms with Crippen molar-refractivity contribution in [2.75, 3.05) is 23.8 Å². The van der Waals surface area contributed by atoms with E-state index in [1.807, 2.05) is 16.7 Å². The molecule has 3 aromatic rings. The first-order chi connectivity index (χ1) is 19.8. The summed E-state index contributed by atoms with van der Waals surface area (Å²) in [4.78, 5) is 20.2. The van der Waals surface area contributed by atoms with Crippen molar-refractivity contribution in [2.24, 2.45) is 12.5 Å². The van der Waals surface area contributed by atoms with Gasteiger partial charge < -0.3 is 9.64 Å². The van der Waals surface area contributed by atoms with Crippen molar-refractivity contribution in [3.63, 3.8) is 0 Å². The fourth-order valence-electron chi connectivity index (χ4n) is 5.33. The summed E-state index contributed by atoms with van der Waals surface area (Å²) in [6, 6.07) is 4.40. The fraction of sp³-hybridized carbons (Fsp3) is 0.556. The maximum Gasteiger partial charge on any atom is 0.397 e. The maximum absolute atomic E-state index is 13.6. The molecule has 2 aliphatic rings. The summed E-state index contributed by atoms with van der Waals surface area (Å²) in [5, 5.41) is 8.31. The van der Waals surface area contributed by atoms with Gasteiger partial charge >= 0.3 is 6.18 Å². The zero-order chi connectivity index (χ0) is 31.6. The number of pyridine rings is 1. The van der Waals surface area contributed by atoms with E-state index in [1.165, 1.54) is 46.9 Å². The van der Waals surface area contributed by atoms with Crippen molar-refractivity contribution in [1.82, 2.24) is 29.3 Å². The molecule has 1 spiro atoms. The Balaban J connectivity index is 1.48. The van der Waals surface area contributed by atoms with E-state index in [9.17, 15) is 26.4 Å². The molecular formula is C27H34F3N7O4S2. The number of rotatable bonds is 8. The van der Waals surface area contributed by atoms with Crippen molar-refractivity contribution in [1.29, 1.82) is 0 Å². The average Bonchev–Trinajstić information content (AvgIpc) is 3.56. The molecule has 2 saturated heterocycles. The number of hydrogen-bond acceptors (Lipinski definition) is 9. The highest BCUT2D eigenvalue weighted by Gasteiger charge is 2.53. The first-order valence-corrected chi connectivity index (χ1v) is 16.1. The Morgan fingerprint density at radius 2 is 1.88 bits per heavy atom. The molecule has 1 N–H and O–H groups in total. The number of carbonyl (C=O) groups is 1. The molecular weight excluding hydrogens is 607 g/mol. The Morgan fingerprint density at radius 3 is 2.44 bits per heavy atom. The molecule has 16 heteroatoms. The predicted octanol–water partition coefficient (Wildman–Crippen LogP) is 4.26. The SMILES string of the molecule is Cc1nn(C)cc1S(=O)(=O)NC(=O)c1ccc(-n2ccc(OCC(C)(C)C(F)(F)F)n2)nc1N1CC2(CCS2)CC1(C)C. The Kier molecular flexibility index (Phi) is 7.55. The summed E-state index contributed by atoms with van der Waals surface area (Å²) in [5.41, 5.74) is -2.19. The quantitative estimate of drug-likeness (QED) is 0.384. The predicted molar refractivity (Wildman–Crippen MR) is 155 cm³/mol. The van der Waals surface area contributed by atoms with Gasteiger partial charge in [-0.15, -0.1) is 5.10 Å². The Hall–Kier alpha value is -3.27. The van der Waals surface area contributed by atoms with Crippen molar-refractivity contribution in [2.45, 2.75) is 68.8 Å². The molecule has 3 aromatic heterocycles. The van der Waals surface area contributed by atoms with E-state index < -0.39 is 39.7 Å². The van der Waals surface area contributed by atoms with Crippen molar-refractivity contribution in [3.05, 3.63) is 41.9 Å². The van der Waals surface area contributed by atoms with Gasteiger partial charge in [0.1, 0.15) is 17.3 Å². The topological polar surface area (TPSA) is 124 Å². The van der Waals surface area contributed by atoms with Crippen LogP contribution in [0.4, 0.5) is 19.0 Å². The second-order valence-corrected chi connectivity index (χ2v) is 15.6. The van der Waals surface area contributed by atoms with Crippen LogP contribution in [-0.4, -0.2) is 74.2 Å². The third-order valence-electron chi connectivity index (χ3n) is 7.89. The first-order valence-electron chi connectivity index (χ1n) is 13.6. The summed E-state index contributed by atoms with van der Waals surface area (Å²) in [6.07, 6.45) is 0.225. The van der Waals surface area contributed by atoms with Gasteiger partial charge in [-0.25, -0.2) is 22.8 Å². The number of hydrogen-bond donors (Lipinski definition) is 1. The minimum atomic E-state index is -4.45. The number of thioether (sulfide) groups is 1. The summed E-state index contributed by atoms with van der Waals surface area (Å²) in [6.45, 7) is 7.71. The maximum atomic E-state index is 13.6. The van der Waals surface area contributed by atoms with Gasteiger partial charge in [-0.2, -0.15) is 30.0 Å². The summed E-state index contributed by atoms with van der Waals surface area (Å²) < 4.78 is 76.3. The van der Waals surface area contributed by atoms with Gasteiger partial charge in [-0.3, -0.25) is 9.48 Å². The van der Waals surface area contributed by atoms with Crippen LogP contribution in [0.2, 0.25) is 0 Å². The standard InChI is InChI=1S/C27H34F3N7O4S2/c1-17-19(13-35(6)32-17)43(39,40)34-23(38)18-7-8-20(31-22(18)36-15-26(10-12-42-26)14-25(36,4)5)37-11-9-21(33-37)41-16-24(2,3)27(28,29)30/h7-9,11,13H,10,12,14-16H2,1-6H3,(H,34,38). The van der Waals surface area contributed by atoms with Crippen molar-refractivity contribution >= 4 is 33.5 Å². The largest absolute Gasteiger partial charge is 0.476 e. The van der Waals surface area contributed by atoms with Gasteiger partial charge in [-0.05, 0) is 65.3 Å². The Bertz CT molecular complexity index is 1660. The molecule has 0 saturated carbocycles. The normalized spacial score (nSPS) is 20.3. The van der Waals surface area contributed by atoms with E-state index in [0.717, 1.165) is 32.4 Å². The third kappa shape index (κ3) is 5.95. The zero-order valence-corrected chi connectivity index (χ0v) is 26.3. The second-order valence-electron chi connectivity index (χ2n) is 12.4. The number of anilines is 1. The number of nitrogens with zero attached hydrogens (tertiary/aromatic N) is 6.